The molecule has 1 unspecified atom stereocenters. The Hall–Kier alpha value is -0.810. The van der Waals surface area contributed by atoms with Gasteiger partial charge in [0.05, 0.1) is 6.61 Å². The van der Waals surface area contributed by atoms with Gasteiger partial charge in [0, 0.05) is 32.2 Å². The van der Waals surface area contributed by atoms with Crippen LogP contribution in [-0.2, 0) is 4.74 Å². The maximum atomic E-state index is 12.1. The Labute approximate surface area is 128 Å². The first-order valence-corrected chi connectivity index (χ1v) is 8.23. The Morgan fingerprint density at radius 1 is 1.19 bits per heavy atom. The summed E-state index contributed by atoms with van der Waals surface area (Å²) in [7, 11) is 0. The van der Waals surface area contributed by atoms with E-state index in [0.717, 1.165) is 13.1 Å². The van der Waals surface area contributed by atoms with Gasteiger partial charge in [-0.15, -0.1) is 0 Å². The average Bonchev–Trinajstić information content (AvgIpc) is 2.92. The highest BCUT2D eigenvalue weighted by Crippen LogP contribution is 2.30. The summed E-state index contributed by atoms with van der Waals surface area (Å²) in [6.45, 7) is 8.96. The van der Waals surface area contributed by atoms with Crippen LogP contribution in [-0.4, -0.2) is 65.4 Å². The standard InChI is InChI=1S/C16H30N2O3/c1-16(2,3)21-15(20)18-10-8-17(9-11-18)14(12-19)13-6-4-5-7-13/h13-14,19H,4-12H2,1-3H3. The molecule has 0 bridgehead atoms. The summed E-state index contributed by atoms with van der Waals surface area (Å²) in [5, 5.41) is 9.72. The molecule has 0 spiro atoms. The molecule has 0 aromatic carbocycles. The molecule has 21 heavy (non-hydrogen) atoms. The highest BCUT2D eigenvalue weighted by molar-refractivity contribution is 5.68. The Kier molecular flexibility index (Phi) is 5.49. The van der Waals surface area contributed by atoms with Crippen LogP contribution in [0.1, 0.15) is 46.5 Å². The van der Waals surface area contributed by atoms with Crippen molar-refractivity contribution in [3.05, 3.63) is 0 Å². The summed E-state index contributed by atoms with van der Waals surface area (Å²) in [5.41, 5.74) is -0.439. The number of aliphatic hydroxyl groups excluding tert-OH is 1. The van der Waals surface area contributed by atoms with Gasteiger partial charge >= 0.3 is 6.09 Å². The van der Waals surface area contributed by atoms with Crippen LogP contribution >= 0.6 is 0 Å². The van der Waals surface area contributed by atoms with Gasteiger partial charge in [-0.2, -0.15) is 0 Å². The maximum absolute atomic E-state index is 12.1. The first kappa shape index (κ1) is 16.6. The average molecular weight is 298 g/mol. The molecule has 0 radical (unpaired) electrons. The van der Waals surface area contributed by atoms with Gasteiger partial charge in [-0.05, 0) is 39.5 Å². The van der Waals surface area contributed by atoms with E-state index in [-0.39, 0.29) is 18.7 Å². The van der Waals surface area contributed by atoms with Crippen molar-refractivity contribution in [2.75, 3.05) is 32.8 Å². The quantitative estimate of drug-likeness (QED) is 0.867. The van der Waals surface area contributed by atoms with Crippen LogP contribution in [0.5, 0.6) is 0 Å². The molecule has 0 aromatic heterocycles. The van der Waals surface area contributed by atoms with Crippen molar-refractivity contribution in [3.8, 4) is 0 Å². The number of hydrogen-bond donors (Lipinski definition) is 1. The minimum absolute atomic E-state index is 0.219. The number of hydrogen-bond acceptors (Lipinski definition) is 4. The molecule has 1 saturated heterocycles. The summed E-state index contributed by atoms with van der Waals surface area (Å²) >= 11 is 0. The predicted octanol–water partition coefficient (Wildman–Crippen LogP) is 2.09. The zero-order valence-corrected chi connectivity index (χ0v) is 13.7. The third kappa shape index (κ3) is 4.58. The molecule has 1 atom stereocenters. The van der Waals surface area contributed by atoms with Gasteiger partial charge in [-0.3, -0.25) is 4.90 Å². The van der Waals surface area contributed by atoms with E-state index in [1.807, 2.05) is 20.8 Å². The van der Waals surface area contributed by atoms with Gasteiger partial charge in [-0.25, -0.2) is 4.79 Å². The van der Waals surface area contributed by atoms with Crippen LogP contribution in [0.25, 0.3) is 0 Å². The van der Waals surface area contributed by atoms with Crippen LogP contribution in [0.2, 0.25) is 0 Å². The van der Waals surface area contributed by atoms with Crippen molar-refractivity contribution in [3.63, 3.8) is 0 Å². The Morgan fingerprint density at radius 3 is 2.24 bits per heavy atom. The van der Waals surface area contributed by atoms with Crippen LogP contribution < -0.4 is 0 Å². The molecule has 2 rings (SSSR count). The summed E-state index contributed by atoms with van der Waals surface area (Å²) in [6, 6.07) is 0.272. The van der Waals surface area contributed by atoms with Gasteiger partial charge in [0.1, 0.15) is 5.60 Å². The Morgan fingerprint density at radius 2 is 1.76 bits per heavy atom. The predicted molar refractivity (Wildman–Crippen MR) is 82.2 cm³/mol. The fourth-order valence-electron chi connectivity index (χ4n) is 3.47. The van der Waals surface area contributed by atoms with E-state index in [2.05, 4.69) is 4.90 Å². The number of aliphatic hydroxyl groups is 1. The third-order valence-corrected chi connectivity index (χ3v) is 4.57. The van der Waals surface area contributed by atoms with E-state index >= 15 is 0 Å². The second-order valence-corrected chi connectivity index (χ2v) is 7.30. The van der Waals surface area contributed by atoms with Gasteiger partial charge in [0.15, 0.2) is 0 Å². The number of carbonyl (C=O) groups is 1. The minimum Gasteiger partial charge on any atom is -0.444 e. The van der Waals surface area contributed by atoms with E-state index in [9.17, 15) is 9.90 Å². The van der Waals surface area contributed by atoms with E-state index in [4.69, 9.17) is 4.74 Å². The fraction of sp³-hybridized carbons (Fsp3) is 0.938. The van der Waals surface area contributed by atoms with Crippen molar-refractivity contribution >= 4 is 6.09 Å². The summed E-state index contributed by atoms with van der Waals surface area (Å²) in [4.78, 5) is 16.2. The number of rotatable bonds is 3. The Bertz CT molecular complexity index is 340. The summed E-state index contributed by atoms with van der Waals surface area (Å²) < 4.78 is 5.42. The third-order valence-electron chi connectivity index (χ3n) is 4.57. The summed E-state index contributed by atoms with van der Waals surface area (Å²) in [5.74, 6) is 0.628. The number of amides is 1. The molecule has 0 aromatic rings. The van der Waals surface area contributed by atoms with Gasteiger partial charge in [-0.1, -0.05) is 12.8 Å². The molecule has 2 fully saturated rings. The molecule has 1 aliphatic carbocycles. The monoisotopic (exact) mass is 298 g/mol. The van der Waals surface area contributed by atoms with E-state index < -0.39 is 5.60 Å². The molecule has 5 heteroatoms. The molecular weight excluding hydrogens is 268 g/mol. The second kappa shape index (κ2) is 6.97. The first-order chi connectivity index (χ1) is 9.90. The summed E-state index contributed by atoms with van der Waals surface area (Å²) in [6.07, 6.45) is 4.83. The molecule has 2 aliphatic rings. The maximum Gasteiger partial charge on any atom is 0.410 e. The van der Waals surface area contributed by atoms with E-state index in [0.29, 0.717) is 19.0 Å². The number of carbonyl (C=O) groups excluding carboxylic acids is 1. The smallest absolute Gasteiger partial charge is 0.410 e. The highest BCUT2D eigenvalue weighted by atomic mass is 16.6. The number of ether oxygens (including phenoxy) is 1. The largest absolute Gasteiger partial charge is 0.444 e. The lowest BCUT2D eigenvalue weighted by Crippen LogP contribution is -2.55. The molecule has 1 amide bonds. The van der Waals surface area contributed by atoms with Crippen molar-refractivity contribution in [2.24, 2.45) is 5.92 Å². The van der Waals surface area contributed by atoms with Gasteiger partial charge in [0.25, 0.3) is 0 Å². The lowest BCUT2D eigenvalue weighted by atomic mass is 9.96. The SMILES string of the molecule is CC(C)(C)OC(=O)N1CCN(C(CO)C2CCCC2)CC1. The Balaban J connectivity index is 1.83. The van der Waals surface area contributed by atoms with E-state index in [1.165, 1.54) is 25.7 Å². The first-order valence-electron chi connectivity index (χ1n) is 8.23. The zero-order chi connectivity index (χ0) is 15.5. The molecule has 1 N–H and O–H groups in total. The topological polar surface area (TPSA) is 53.0 Å². The minimum atomic E-state index is -0.439. The molecule has 1 aliphatic heterocycles. The lowest BCUT2D eigenvalue weighted by molar-refractivity contribution is 0.000514. The van der Waals surface area contributed by atoms with Gasteiger partial charge < -0.3 is 14.7 Å². The van der Waals surface area contributed by atoms with Gasteiger partial charge in [0.2, 0.25) is 0 Å². The number of nitrogens with zero attached hydrogens (tertiary/aromatic N) is 2. The molecular formula is C16H30N2O3. The molecule has 5 nitrogen and oxygen atoms in total. The highest BCUT2D eigenvalue weighted by Gasteiger charge is 2.33. The second-order valence-electron chi connectivity index (χ2n) is 7.30. The van der Waals surface area contributed by atoms with Crippen LogP contribution in [0.15, 0.2) is 0 Å². The fourth-order valence-corrected chi connectivity index (χ4v) is 3.47. The van der Waals surface area contributed by atoms with Crippen LogP contribution in [0, 0.1) is 5.92 Å². The number of piperazine rings is 1. The van der Waals surface area contributed by atoms with Crippen molar-refractivity contribution in [2.45, 2.75) is 58.1 Å². The molecule has 1 saturated carbocycles. The van der Waals surface area contributed by atoms with E-state index in [1.54, 1.807) is 4.90 Å². The van der Waals surface area contributed by atoms with Crippen molar-refractivity contribution in [1.29, 1.82) is 0 Å². The van der Waals surface area contributed by atoms with Crippen molar-refractivity contribution < 1.29 is 14.6 Å². The normalized spacial score (nSPS) is 23.3. The zero-order valence-electron chi connectivity index (χ0n) is 13.7. The molecule has 122 valence electrons. The van der Waals surface area contributed by atoms with Crippen LogP contribution in [0.4, 0.5) is 4.79 Å². The van der Waals surface area contributed by atoms with Crippen LogP contribution in [0.3, 0.4) is 0 Å². The molecule has 1 heterocycles. The van der Waals surface area contributed by atoms with Crippen molar-refractivity contribution in [1.82, 2.24) is 9.80 Å². The lowest BCUT2D eigenvalue weighted by Gasteiger charge is -2.41.